The van der Waals surface area contributed by atoms with E-state index in [2.05, 4.69) is 20.9 Å². The van der Waals surface area contributed by atoms with Crippen LogP contribution in [0.5, 0.6) is 17.2 Å². The van der Waals surface area contributed by atoms with Crippen LogP contribution in [0.15, 0.2) is 60.7 Å². The number of para-hydroxylation sites is 1. The van der Waals surface area contributed by atoms with Crippen LogP contribution in [-0.2, 0) is 16.0 Å². The maximum absolute atomic E-state index is 13.0. The fourth-order valence-electron chi connectivity index (χ4n) is 5.74. The predicted molar refractivity (Wildman–Crippen MR) is 172 cm³/mol. The summed E-state index contributed by atoms with van der Waals surface area (Å²) >= 11 is 0. The lowest BCUT2D eigenvalue weighted by Gasteiger charge is -2.28. The van der Waals surface area contributed by atoms with E-state index < -0.39 is 12.0 Å². The Morgan fingerprint density at radius 3 is 2.31 bits per heavy atom. The number of rotatable bonds is 13. The van der Waals surface area contributed by atoms with Crippen LogP contribution in [0.1, 0.15) is 42.5 Å². The molecule has 0 saturated carbocycles. The van der Waals surface area contributed by atoms with Gasteiger partial charge in [-0.3, -0.25) is 14.5 Å². The number of carboxylic acids is 1. The quantitative estimate of drug-likeness (QED) is 0.204. The Balaban J connectivity index is 1.34. The summed E-state index contributed by atoms with van der Waals surface area (Å²) in [5, 5.41) is 18.4. The fraction of sp³-hybridized carbons (Fsp3) is 0.382. The number of nitrogens with zero attached hydrogens (tertiary/aromatic N) is 1. The highest BCUT2D eigenvalue weighted by Crippen LogP contribution is 2.36. The van der Waals surface area contributed by atoms with E-state index in [1.807, 2.05) is 50.2 Å². The van der Waals surface area contributed by atoms with Crippen LogP contribution in [0.2, 0.25) is 0 Å². The molecule has 0 aliphatic carbocycles. The Morgan fingerprint density at radius 2 is 1.62 bits per heavy atom. The molecule has 0 bridgehead atoms. The lowest BCUT2D eigenvalue weighted by atomic mass is 9.99. The first-order valence-electron chi connectivity index (χ1n) is 14.9. The van der Waals surface area contributed by atoms with Crippen LogP contribution in [0.3, 0.4) is 0 Å². The standard InChI is InChI=1S/C34H42N4O7/c1-21-8-6-7-9-26(21)36-34(42)37-27-12-10-23(16-30(27)44-4)17-32(39)35-22(2)25-14-15-38(20-25)28(19-33(40)41)24-11-13-29(43-3)31(18-24)45-5/h6-13,16,18,22,25,28H,14-15,17,19-20H2,1-5H3,(H,35,39)(H,40,41)(H2,36,37,42). The van der Waals surface area contributed by atoms with Gasteiger partial charge in [-0.2, -0.15) is 0 Å². The number of benzene rings is 3. The number of carbonyl (C=O) groups is 3. The van der Waals surface area contributed by atoms with Crippen LogP contribution in [0.25, 0.3) is 0 Å². The van der Waals surface area contributed by atoms with Gasteiger partial charge in [0, 0.05) is 24.3 Å². The van der Waals surface area contributed by atoms with E-state index in [-0.39, 0.29) is 36.8 Å². The Kier molecular flexibility index (Phi) is 11.3. The first-order chi connectivity index (χ1) is 21.6. The first-order valence-corrected chi connectivity index (χ1v) is 14.9. The minimum atomic E-state index is -0.886. The van der Waals surface area contributed by atoms with Gasteiger partial charge in [-0.1, -0.05) is 30.3 Å². The highest BCUT2D eigenvalue weighted by atomic mass is 16.5. The van der Waals surface area contributed by atoms with Gasteiger partial charge in [-0.25, -0.2) is 4.79 Å². The molecule has 1 aliphatic heterocycles. The highest BCUT2D eigenvalue weighted by molar-refractivity contribution is 6.01. The third-order valence-electron chi connectivity index (χ3n) is 8.23. The molecule has 3 atom stereocenters. The number of hydrogen-bond donors (Lipinski definition) is 4. The topological polar surface area (TPSA) is 138 Å². The van der Waals surface area contributed by atoms with E-state index >= 15 is 0 Å². The molecule has 1 fully saturated rings. The van der Waals surface area contributed by atoms with Gasteiger partial charge in [0.1, 0.15) is 5.75 Å². The number of hydrogen-bond acceptors (Lipinski definition) is 7. The van der Waals surface area contributed by atoms with E-state index in [1.54, 1.807) is 38.5 Å². The number of urea groups is 1. The SMILES string of the molecule is COc1cc(CC(=O)NC(C)C2CCN(C(CC(=O)O)c3ccc(OC)c(OC)c3)C2)ccc1NC(=O)Nc1ccccc1C. The van der Waals surface area contributed by atoms with Crippen LogP contribution in [-0.4, -0.2) is 68.4 Å². The minimum Gasteiger partial charge on any atom is -0.495 e. The number of anilines is 2. The van der Waals surface area contributed by atoms with E-state index in [1.165, 1.54) is 7.11 Å². The molecule has 4 N–H and O–H groups in total. The minimum absolute atomic E-state index is 0.0524. The number of ether oxygens (including phenoxy) is 3. The van der Waals surface area contributed by atoms with Crippen LogP contribution < -0.4 is 30.2 Å². The Labute approximate surface area is 263 Å². The van der Waals surface area contributed by atoms with E-state index in [4.69, 9.17) is 14.2 Å². The van der Waals surface area contributed by atoms with Crippen molar-refractivity contribution in [3.8, 4) is 17.2 Å². The molecular weight excluding hydrogens is 576 g/mol. The molecule has 1 aliphatic rings. The largest absolute Gasteiger partial charge is 0.495 e. The molecule has 11 nitrogen and oxygen atoms in total. The molecule has 45 heavy (non-hydrogen) atoms. The van der Waals surface area contributed by atoms with Crippen molar-refractivity contribution in [3.63, 3.8) is 0 Å². The Hall–Kier alpha value is -4.77. The molecule has 3 aromatic rings. The third-order valence-corrected chi connectivity index (χ3v) is 8.23. The summed E-state index contributed by atoms with van der Waals surface area (Å²) in [6, 6.07) is 17.4. The second-order valence-corrected chi connectivity index (χ2v) is 11.2. The van der Waals surface area contributed by atoms with Gasteiger partial charge in [-0.05, 0) is 79.8 Å². The predicted octanol–water partition coefficient (Wildman–Crippen LogP) is 5.25. The van der Waals surface area contributed by atoms with Crippen molar-refractivity contribution in [2.24, 2.45) is 5.92 Å². The number of carboxylic acid groups (broad SMARTS) is 1. The zero-order valence-corrected chi connectivity index (χ0v) is 26.4. The average molecular weight is 619 g/mol. The molecule has 240 valence electrons. The second kappa shape index (κ2) is 15.3. The summed E-state index contributed by atoms with van der Waals surface area (Å²) in [6.45, 7) is 5.25. The molecule has 1 heterocycles. The van der Waals surface area contributed by atoms with Crippen molar-refractivity contribution in [2.75, 3.05) is 45.1 Å². The molecule has 0 spiro atoms. The second-order valence-electron chi connectivity index (χ2n) is 11.2. The summed E-state index contributed by atoms with van der Waals surface area (Å²) in [7, 11) is 4.62. The van der Waals surface area contributed by atoms with Gasteiger partial charge in [-0.15, -0.1) is 0 Å². The van der Waals surface area contributed by atoms with E-state index in [9.17, 15) is 19.5 Å². The lowest BCUT2D eigenvalue weighted by molar-refractivity contribution is -0.138. The van der Waals surface area contributed by atoms with Crippen molar-refractivity contribution in [3.05, 3.63) is 77.4 Å². The van der Waals surface area contributed by atoms with Gasteiger partial charge in [0.05, 0.1) is 39.9 Å². The molecule has 11 heteroatoms. The zero-order valence-electron chi connectivity index (χ0n) is 26.4. The van der Waals surface area contributed by atoms with Gasteiger partial charge in [0.15, 0.2) is 11.5 Å². The monoisotopic (exact) mass is 618 g/mol. The average Bonchev–Trinajstić information content (AvgIpc) is 3.51. The number of likely N-dealkylation sites (tertiary alicyclic amines) is 1. The highest BCUT2D eigenvalue weighted by Gasteiger charge is 2.34. The molecule has 0 aromatic heterocycles. The maximum atomic E-state index is 13.0. The maximum Gasteiger partial charge on any atom is 0.323 e. The number of aliphatic carboxylic acids is 1. The molecule has 1 saturated heterocycles. The molecular formula is C34H42N4O7. The number of methoxy groups -OCH3 is 3. The van der Waals surface area contributed by atoms with Crippen LogP contribution >= 0.6 is 0 Å². The number of nitrogens with one attached hydrogen (secondary N) is 3. The van der Waals surface area contributed by atoms with Gasteiger partial charge < -0.3 is 35.3 Å². The normalized spacial score (nSPS) is 15.9. The first kappa shape index (κ1) is 33.1. The molecule has 3 aromatic carbocycles. The molecule has 3 amide bonds. The number of carbonyl (C=O) groups excluding carboxylic acids is 2. The van der Waals surface area contributed by atoms with Gasteiger partial charge >= 0.3 is 12.0 Å². The van der Waals surface area contributed by atoms with Crippen molar-refractivity contribution in [1.29, 1.82) is 0 Å². The Morgan fingerprint density at radius 1 is 0.911 bits per heavy atom. The summed E-state index contributed by atoms with van der Waals surface area (Å²) in [5.41, 5.74) is 3.72. The number of aryl methyl sites for hydroxylation is 1. The van der Waals surface area contributed by atoms with Gasteiger partial charge in [0.2, 0.25) is 5.91 Å². The zero-order chi connectivity index (χ0) is 32.5. The summed E-state index contributed by atoms with van der Waals surface area (Å²) in [4.78, 5) is 39.6. The summed E-state index contributed by atoms with van der Waals surface area (Å²) < 4.78 is 16.3. The van der Waals surface area contributed by atoms with Crippen molar-refractivity contribution in [1.82, 2.24) is 10.2 Å². The fourth-order valence-corrected chi connectivity index (χ4v) is 5.74. The summed E-state index contributed by atoms with van der Waals surface area (Å²) in [5.74, 6) is 0.703. The molecule has 3 unspecified atom stereocenters. The lowest BCUT2D eigenvalue weighted by Crippen LogP contribution is -2.40. The molecule has 0 radical (unpaired) electrons. The van der Waals surface area contributed by atoms with Crippen LogP contribution in [0.4, 0.5) is 16.2 Å². The third kappa shape index (κ3) is 8.66. The van der Waals surface area contributed by atoms with Crippen molar-refractivity contribution in [2.45, 2.75) is 45.2 Å². The van der Waals surface area contributed by atoms with Crippen molar-refractivity contribution >= 4 is 29.3 Å². The Bertz CT molecular complexity index is 1510. The molecule has 4 rings (SSSR count). The van der Waals surface area contributed by atoms with Crippen LogP contribution in [0, 0.1) is 12.8 Å². The van der Waals surface area contributed by atoms with E-state index in [0.29, 0.717) is 41.7 Å². The number of amides is 3. The van der Waals surface area contributed by atoms with E-state index in [0.717, 1.165) is 23.1 Å². The summed E-state index contributed by atoms with van der Waals surface area (Å²) in [6.07, 6.45) is 0.910. The van der Waals surface area contributed by atoms with Gasteiger partial charge in [0.25, 0.3) is 0 Å². The van der Waals surface area contributed by atoms with Crippen molar-refractivity contribution < 1.29 is 33.7 Å². The smallest absolute Gasteiger partial charge is 0.323 e.